The van der Waals surface area contributed by atoms with Crippen molar-refractivity contribution in [1.29, 1.82) is 0 Å². The van der Waals surface area contributed by atoms with Crippen molar-refractivity contribution >= 4 is 16.7 Å². The fraction of sp³-hybridized carbons (Fsp3) is 0.111. The molecule has 0 saturated heterocycles. The van der Waals surface area contributed by atoms with E-state index in [1.54, 1.807) is 6.07 Å². The van der Waals surface area contributed by atoms with E-state index in [0.717, 1.165) is 16.7 Å². The summed E-state index contributed by atoms with van der Waals surface area (Å²) < 4.78 is 5.39. The molecule has 3 nitrogen and oxygen atoms in total. The van der Waals surface area contributed by atoms with Gasteiger partial charge in [0.05, 0.1) is 6.54 Å². The first-order valence-corrected chi connectivity index (χ1v) is 3.77. The smallest absolute Gasteiger partial charge is 0.136 e. The second-order valence-corrected chi connectivity index (χ2v) is 2.71. The number of nitrogens with two attached hydrogens (primary N) is 2. The third kappa shape index (κ3) is 1.04. The molecule has 1 heterocycles. The van der Waals surface area contributed by atoms with Crippen molar-refractivity contribution in [2.24, 2.45) is 5.73 Å². The Hall–Kier alpha value is -1.48. The van der Waals surface area contributed by atoms with Gasteiger partial charge in [0, 0.05) is 17.1 Å². The Morgan fingerprint density at radius 1 is 1.25 bits per heavy atom. The molecule has 12 heavy (non-hydrogen) atoms. The van der Waals surface area contributed by atoms with Crippen LogP contribution < -0.4 is 11.5 Å². The molecular formula is C9H10N2O. The van der Waals surface area contributed by atoms with Gasteiger partial charge in [-0.25, -0.2) is 0 Å². The van der Waals surface area contributed by atoms with Crippen LogP contribution in [0.5, 0.6) is 0 Å². The molecule has 1 aromatic carbocycles. The topological polar surface area (TPSA) is 65.2 Å². The summed E-state index contributed by atoms with van der Waals surface area (Å²) in [6, 6.07) is 7.49. The SMILES string of the molecule is NCc1cc2ccc(N)cc2o1. The third-order valence-electron chi connectivity index (χ3n) is 1.80. The van der Waals surface area contributed by atoms with Crippen molar-refractivity contribution in [2.45, 2.75) is 6.54 Å². The van der Waals surface area contributed by atoms with Gasteiger partial charge in [-0.3, -0.25) is 0 Å². The molecule has 0 radical (unpaired) electrons. The minimum atomic E-state index is 0.425. The first-order valence-electron chi connectivity index (χ1n) is 3.77. The first-order chi connectivity index (χ1) is 5.79. The molecule has 3 heteroatoms. The molecule has 0 bridgehead atoms. The summed E-state index contributed by atoms with van der Waals surface area (Å²) in [5.74, 6) is 0.788. The highest BCUT2D eigenvalue weighted by atomic mass is 16.3. The largest absolute Gasteiger partial charge is 0.460 e. The number of anilines is 1. The molecule has 1 aromatic heterocycles. The fourth-order valence-electron chi connectivity index (χ4n) is 1.20. The van der Waals surface area contributed by atoms with E-state index in [2.05, 4.69) is 0 Å². The molecule has 0 amide bonds. The summed E-state index contributed by atoms with van der Waals surface area (Å²) in [4.78, 5) is 0. The summed E-state index contributed by atoms with van der Waals surface area (Å²) in [5.41, 5.74) is 12.5. The standard InChI is InChI=1S/C9H10N2O/c10-5-8-3-6-1-2-7(11)4-9(6)12-8/h1-4H,5,10-11H2. The average Bonchev–Trinajstić information content (AvgIpc) is 2.46. The van der Waals surface area contributed by atoms with Crippen LogP contribution in [0.25, 0.3) is 11.0 Å². The maximum atomic E-state index is 5.58. The van der Waals surface area contributed by atoms with E-state index < -0.39 is 0 Å². The van der Waals surface area contributed by atoms with Gasteiger partial charge in [0.1, 0.15) is 11.3 Å². The van der Waals surface area contributed by atoms with Crippen LogP contribution in [0, 0.1) is 0 Å². The van der Waals surface area contributed by atoms with Gasteiger partial charge >= 0.3 is 0 Å². The summed E-state index contributed by atoms with van der Waals surface area (Å²) in [6.45, 7) is 0.425. The van der Waals surface area contributed by atoms with E-state index in [0.29, 0.717) is 12.2 Å². The summed E-state index contributed by atoms with van der Waals surface area (Å²) in [7, 11) is 0. The molecule has 0 saturated carbocycles. The van der Waals surface area contributed by atoms with Gasteiger partial charge in [-0.05, 0) is 18.2 Å². The Morgan fingerprint density at radius 3 is 2.83 bits per heavy atom. The van der Waals surface area contributed by atoms with Gasteiger partial charge in [-0.15, -0.1) is 0 Å². The van der Waals surface area contributed by atoms with Crippen molar-refractivity contribution in [3.8, 4) is 0 Å². The van der Waals surface area contributed by atoms with E-state index in [1.807, 2.05) is 18.2 Å². The molecule has 0 unspecified atom stereocenters. The number of benzene rings is 1. The van der Waals surface area contributed by atoms with E-state index in [9.17, 15) is 0 Å². The van der Waals surface area contributed by atoms with Crippen molar-refractivity contribution in [2.75, 3.05) is 5.73 Å². The Labute approximate surface area is 70.0 Å². The minimum Gasteiger partial charge on any atom is -0.460 e. The molecule has 0 fully saturated rings. The van der Waals surface area contributed by atoms with E-state index >= 15 is 0 Å². The van der Waals surface area contributed by atoms with Crippen molar-refractivity contribution in [3.63, 3.8) is 0 Å². The highest BCUT2D eigenvalue weighted by Crippen LogP contribution is 2.21. The van der Waals surface area contributed by atoms with Crippen LogP contribution in [-0.4, -0.2) is 0 Å². The predicted octanol–water partition coefficient (Wildman–Crippen LogP) is 1.47. The lowest BCUT2D eigenvalue weighted by Crippen LogP contribution is -1.92. The van der Waals surface area contributed by atoms with Crippen LogP contribution in [0.2, 0.25) is 0 Å². The van der Waals surface area contributed by atoms with Gasteiger partial charge in [-0.2, -0.15) is 0 Å². The second kappa shape index (κ2) is 2.53. The summed E-state index contributed by atoms with van der Waals surface area (Å²) in [6.07, 6.45) is 0. The average molecular weight is 162 g/mol. The van der Waals surface area contributed by atoms with Crippen molar-refractivity contribution in [1.82, 2.24) is 0 Å². The number of hydrogen-bond acceptors (Lipinski definition) is 3. The van der Waals surface area contributed by atoms with Gasteiger partial charge in [-0.1, -0.05) is 0 Å². The van der Waals surface area contributed by atoms with Crippen LogP contribution in [0.15, 0.2) is 28.7 Å². The van der Waals surface area contributed by atoms with Gasteiger partial charge in [0.15, 0.2) is 0 Å². The predicted molar refractivity (Wildman–Crippen MR) is 48.5 cm³/mol. The number of fused-ring (bicyclic) bond motifs is 1. The van der Waals surface area contributed by atoms with E-state index in [4.69, 9.17) is 15.9 Å². The second-order valence-electron chi connectivity index (χ2n) is 2.71. The molecule has 0 aliphatic heterocycles. The van der Waals surface area contributed by atoms with E-state index in [1.165, 1.54) is 0 Å². The minimum absolute atomic E-state index is 0.425. The van der Waals surface area contributed by atoms with Crippen LogP contribution in [-0.2, 0) is 6.54 Å². The lowest BCUT2D eigenvalue weighted by molar-refractivity contribution is 0.552. The van der Waals surface area contributed by atoms with Crippen LogP contribution in [0.3, 0.4) is 0 Å². The Balaban J connectivity index is 2.67. The lowest BCUT2D eigenvalue weighted by Gasteiger charge is -1.90. The molecule has 0 aliphatic rings. The molecule has 0 aliphatic carbocycles. The molecule has 0 atom stereocenters. The first kappa shape index (κ1) is 7.18. The van der Waals surface area contributed by atoms with E-state index in [-0.39, 0.29) is 0 Å². The van der Waals surface area contributed by atoms with Crippen LogP contribution >= 0.6 is 0 Å². The molecule has 2 rings (SSSR count). The number of rotatable bonds is 1. The third-order valence-corrected chi connectivity index (χ3v) is 1.80. The van der Waals surface area contributed by atoms with Crippen molar-refractivity contribution in [3.05, 3.63) is 30.0 Å². The normalized spacial score (nSPS) is 10.8. The molecule has 0 spiro atoms. The number of hydrogen-bond donors (Lipinski definition) is 2. The van der Waals surface area contributed by atoms with Crippen LogP contribution in [0.4, 0.5) is 5.69 Å². The number of nitrogen functional groups attached to an aromatic ring is 1. The fourth-order valence-corrected chi connectivity index (χ4v) is 1.20. The highest BCUT2D eigenvalue weighted by molar-refractivity contribution is 5.81. The maximum Gasteiger partial charge on any atom is 0.136 e. The molecule has 4 N–H and O–H groups in total. The molecular weight excluding hydrogens is 152 g/mol. The van der Waals surface area contributed by atoms with Crippen LogP contribution in [0.1, 0.15) is 5.76 Å². The lowest BCUT2D eigenvalue weighted by atomic mass is 10.2. The zero-order valence-corrected chi connectivity index (χ0v) is 6.58. The Bertz CT molecular complexity index is 406. The summed E-state index contributed by atoms with van der Waals surface area (Å²) in [5, 5.41) is 1.05. The molecule has 62 valence electrons. The zero-order chi connectivity index (χ0) is 8.55. The van der Waals surface area contributed by atoms with Gasteiger partial charge in [0.2, 0.25) is 0 Å². The summed E-state index contributed by atoms with van der Waals surface area (Å²) >= 11 is 0. The maximum absolute atomic E-state index is 5.58. The quantitative estimate of drug-likeness (QED) is 0.624. The van der Waals surface area contributed by atoms with Gasteiger partial charge < -0.3 is 15.9 Å². The monoisotopic (exact) mass is 162 g/mol. The highest BCUT2D eigenvalue weighted by Gasteiger charge is 2.01. The Morgan fingerprint density at radius 2 is 2.08 bits per heavy atom. The zero-order valence-electron chi connectivity index (χ0n) is 6.58. The van der Waals surface area contributed by atoms with Crippen molar-refractivity contribution < 1.29 is 4.42 Å². The van der Waals surface area contributed by atoms with Gasteiger partial charge in [0.25, 0.3) is 0 Å². The Kier molecular flexibility index (Phi) is 1.52. The number of furan rings is 1. The molecule has 2 aromatic rings.